The lowest BCUT2D eigenvalue weighted by molar-refractivity contribution is -0.121. The van der Waals surface area contributed by atoms with Crippen molar-refractivity contribution < 1.29 is 14.3 Å². The van der Waals surface area contributed by atoms with E-state index in [0.29, 0.717) is 32.4 Å². The molecule has 5 nitrogen and oxygen atoms in total. The number of benzene rings is 2. The Kier molecular flexibility index (Phi) is 6.25. The number of carbonyl (C=O) groups excluding carboxylic acids is 2. The van der Waals surface area contributed by atoms with Gasteiger partial charge in [-0.25, -0.2) is 0 Å². The number of ether oxygens (including phenoxy) is 1. The number of carbonyl (C=O) groups is 2. The van der Waals surface area contributed by atoms with Gasteiger partial charge in [-0.15, -0.1) is 0 Å². The highest BCUT2D eigenvalue weighted by molar-refractivity contribution is 5.95. The Bertz CT molecular complexity index is 746. The van der Waals surface area contributed by atoms with Gasteiger partial charge in [-0.3, -0.25) is 9.59 Å². The van der Waals surface area contributed by atoms with Gasteiger partial charge in [0, 0.05) is 31.6 Å². The first-order valence-corrected chi connectivity index (χ1v) is 9.06. The summed E-state index contributed by atoms with van der Waals surface area (Å²) in [5, 5.41) is 2.93. The van der Waals surface area contributed by atoms with E-state index in [1.807, 2.05) is 59.5 Å². The topological polar surface area (TPSA) is 58.6 Å². The molecule has 2 aromatic carbocycles. The maximum Gasteiger partial charge on any atom is 0.227 e. The highest BCUT2D eigenvalue weighted by Crippen LogP contribution is 2.22. The summed E-state index contributed by atoms with van der Waals surface area (Å²) in [4.78, 5) is 25.6. The van der Waals surface area contributed by atoms with Crippen LogP contribution in [0.5, 0.6) is 5.75 Å². The summed E-state index contributed by atoms with van der Waals surface area (Å²) in [6.07, 6.45) is 2.62. The third-order valence-electron chi connectivity index (χ3n) is 4.35. The van der Waals surface area contributed by atoms with Gasteiger partial charge in [0.1, 0.15) is 5.75 Å². The molecule has 0 bridgehead atoms. The van der Waals surface area contributed by atoms with Gasteiger partial charge in [-0.05, 0) is 42.7 Å². The lowest BCUT2D eigenvalue weighted by Gasteiger charge is -2.16. The predicted octanol–water partition coefficient (Wildman–Crippen LogP) is 3.29. The van der Waals surface area contributed by atoms with Crippen molar-refractivity contribution in [2.75, 3.05) is 18.1 Å². The standard InChI is InChI=1S/C21H24N2O3/c24-20(11-6-14-26-19-9-2-1-3-10-19)22-16-17-7-4-8-18(15-17)23-13-5-12-21(23)25/h1-4,7-10,15H,5-6,11-14,16H2,(H,22,24). The van der Waals surface area contributed by atoms with E-state index >= 15 is 0 Å². The van der Waals surface area contributed by atoms with Gasteiger partial charge in [-0.2, -0.15) is 0 Å². The van der Waals surface area contributed by atoms with Crippen LogP contribution in [0.3, 0.4) is 0 Å². The molecule has 26 heavy (non-hydrogen) atoms. The average molecular weight is 352 g/mol. The van der Waals surface area contributed by atoms with E-state index in [-0.39, 0.29) is 11.8 Å². The minimum atomic E-state index is 0.00399. The molecule has 1 N–H and O–H groups in total. The largest absolute Gasteiger partial charge is 0.494 e. The van der Waals surface area contributed by atoms with Crippen LogP contribution < -0.4 is 15.0 Å². The van der Waals surface area contributed by atoms with Crippen LogP contribution in [-0.2, 0) is 16.1 Å². The Labute approximate surface area is 154 Å². The van der Waals surface area contributed by atoms with Crippen LogP contribution in [0.1, 0.15) is 31.2 Å². The minimum Gasteiger partial charge on any atom is -0.494 e. The molecule has 5 heteroatoms. The smallest absolute Gasteiger partial charge is 0.227 e. The van der Waals surface area contributed by atoms with Gasteiger partial charge >= 0.3 is 0 Å². The molecule has 0 radical (unpaired) electrons. The zero-order valence-corrected chi connectivity index (χ0v) is 14.8. The molecule has 1 aliphatic rings. The van der Waals surface area contributed by atoms with Crippen molar-refractivity contribution in [2.24, 2.45) is 0 Å². The van der Waals surface area contributed by atoms with Gasteiger partial charge < -0.3 is 15.0 Å². The van der Waals surface area contributed by atoms with Crippen LogP contribution >= 0.6 is 0 Å². The Hall–Kier alpha value is -2.82. The van der Waals surface area contributed by atoms with Crippen molar-refractivity contribution in [3.63, 3.8) is 0 Å². The second-order valence-electron chi connectivity index (χ2n) is 6.36. The number of rotatable bonds is 8. The van der Waals surface area contributed by atoms with Gasteiger partial charge in [0.15, 0.2) is 0 Å². The molecule has 0 aromatic heterocycles. The number of amides is 2. The van der Waals surface area contributed by atoms with Gasteiger partial charge in [0.25, 0.3) is 0 Å². The third-order valence-corrected chi connectivity index (χ3v) is 4.35. The van der Waals surface area contributed by atoms with Crippen molar-refractivity contribution in [2.45, 2.75) is 32.2 Å². The monoisotopic (exact) mass is 352 g/mol. The van der Waals surface area contributed by atoms with Crippen LogP contribution in [-0.4, -0.2) is 25.0 Å². The van der Waals surface area contributed by atoms with Crippen molar-refractivity contribution in [3.05, 3.63) is 60.2 Å². The molecule has 1 saturated heterocycles. The summed E-state index contributed by atoms with van der Waals surface area (Å²) in [5.41, 5.74) is 1.91. The fraction of sp³-hybridized carbons (Fsp3) is 0.333. The average Bonchev–Trinajstić information content (AvgIpc) is 3.11. The Morgan fingerprint density at radius 1 is 1.12 bits per heavy atom. The molecule has 0 aliphatic carbocycles. The molecule has 2 amide bonds. The summed E-state index contributed by atoms with van der Waals surface area (Å²) < 4.78 is 5.58. The molecule has 0 saturated carbocycles. The van der Waals surface area contributed by atoms with E-state index in [0.717, 1.165) is 30.0 Å². The number of nitrogens with zero attached hydrogens (tertiary/aromatic N) is 1. The molecule has 2 aromatic rings. The molecule has 0 atom stereocenters. The number of nitrogens with one attached hydrogen (secondary N) is 1. The van der Waals surface area contributed by atoms with Crippen molar-refractivity contribution in [3.8, 4) is 5.75 Å². The lowest BCUT2D eigenvalue weighted by atomic mass is 10.2. The zero-order chi connectivity index (χ0) is 18.2. The summed E-state index contributed by atoms with van der Waals surface area (Å²) >= 11 is 0. The first kappa shape index (κ1) is 18.0. The van der Waals surface area contributed by atoms with E-state index in [2.05, 4.69) is 5.32 Å². The van der Waals surface area contributed by atoms with Crippen LogP contribution in [0, 0.1) is 0 Å². The van der Waals surface area contributed by atoms with E-state index in [9.17, 15) is 9.59 Å². The number of para-hydroxylation sites is 1. The highest BCUT2D eigenvalue weighted by Gasteiger charge is 2.21. The van der Waals surface area contributed by atoms with E-state index in [1.165, 1.54) is 0 Å². The molecule has 1 heterocycles. The second kappa shape index (κ2) is 9.04. The Balaban J connectivity index is 1.39. The summed E-state index contributed by atoms with van der Waals surface area (Å²) in [6, 6.07) is 17.4. The third kappa shape index (κ3) is 5.09. The maximum absolute atomic E-state index is 12.0. The SMILES string of the molecule is O=C(CCCOc1ccccc1)NCc1cccc(N2CCCC2=O)c1. The van der Waals surface area contributed by atoms with E-state index in [4.69, 9.17) is 4.74 Å². The van der Waals surface area contributed by atoms with Gasteiger partial charge in [0.2, 0.25) is 11.8 Å². The van der Waals surface area contributed by atoms with Crippen LogP contribution in [0.15, 0.2) is 54.6 Å². The normalized spacial score (nSPS) is 13.7. The van der Waals surface area contributed by atoms with Crippen molar-refractivity contribution in [1.29, 1.82) is 0 Å². The summed E-state index contributed by atoms with van der Waals surface area (Å²) in [6.45, 7) is 1.76. The quantitative estimate of drug-likeness (QED) is 0.742. The number of anilines is 1. The summed E-state index contributed by atoms with van der Waals surface area (Å²) in [5.74, 6) is 0.995. The van der Waals surface area contributed by atoms with Crippen LogP contribution in [0.25, 0.3) is 0 Å². The number of hydrogen-bond donors (Lipinski definition) is 1. The molecule has 0 unspecified atom stereocenters. The van der Waals surface area contributed by atoms with Gasteiger partial charge in [-0.1, -0.05) is 30.3 Å². The maximum atomic E-state index is 12.0. The molecular formula is C21H24N2O3. The molecule has 1 aliphatic heterocycles. The van der Waals surface area contributed by atoms with E-state index in [1.54, 1.807) is 0 Å². The van der Waals surface area contributed by atoms with Gasteiger partial charge in [0.05, 0.1) is 6.61 Å². The molecule has 1 fully saturated rings. The second-order valence-corrected chi connectivity index (χ2v) is 6.36. The van der Waals surface area contributed by atoms with Crippen molar-refractivity contribution in [1.82, 2.24) is 5.32 Å². The Morgan fingerprint density at radius 2 is 1.96 bits per heavy atom. The zero-order valence-electron chi connectivity index (χ0n) is 14.8. The fourth-order valence-corrected chi connectivity index (χ4v) is 2.98. The van der Waals surface area contributed by atoms with E-state index < -0.39 is 0 Å². The fourth-order valence-electron chi connectivity index (χ4n) is 2.98. The summed E-state index contributed by atoms with van der Waals surface area (Å²) in [7, 11) is 0. The first-order valence-electron chi connectivity index (χ1n) is 9.06. The molecule has 0 spiro atoms. The number of hydrogen-bond acceptors (Lipinski definition) is 3. The first-order chi connectivity index (χ1) is 12.7. The molecular weight excluding hydrogens is 328 g/mol. The highest BCUT2D eigenvalue weighted by atomic mass is 16.5. The predicted molar refractivity (Wildman–Crippen MR) is 101 cm³/mol. The minimum absolute atomic E-state index is 0.00399. The Morgan fingerprint density at radius 3 is 2.73 bits per heavy atom. The van der Waals surface area contributed by atoms with Crippen molar-refractivity contribution >= 4 is 17.5 Å². The van der Waals surface area contributed by atoms with Crippen LogP contribution in [0.2, 0.25) is 0 Å². The lowest BCUT2D eigenvalue weighted by Crippen LogP contribution is -2.25. The molecule has 136 valence electrons. The molecule has 3 rings (SSSR count). The van der Waals surface area contributed by atoms with Crippen LogP contribution in [0.4, 0.5) is 5.69 Å².